The summed E-state index contributed by atoms with van der Waals surface area (Å²) in [6, 6.07) is 4.32. The predicted octanol–water partition coefficient (Wildman–Crippen LogP) is 3.09. The van der Waals surface area contributed by atoms with Crippen molar-refractivity contribution in [3.8, 4) is 5.75 Å². The van der Waals surface area contributed by atoms with Gasteiger partial charge >= 0.3 is 5.97 Å². The second-order valence-electron chi connectivity index (χ2n) is 4.58. The number of hydrogen-bond acceptors (Lipinski definition) is 4. The molecule has 1 aromatic rings. The maximum absolute atomic E-state index is 11.7. The van der Waals surface area contributed by atoms with Crippen LogP contribution in [0.4, 0.5) is 5.69 Å². The number of phenols is 1. The van der Waals surface area contributed by atoms with Crippen LogP contribution in [0.3, 0.4) is 0 Å². The van der Waals surface area contributed by atoms with E-state index < -0.39 is 5.97 Å². The van der Waals surface area contributed by atoms with Gasteiger partial charge in [0.15, 0.2) is 0 Å². The van der Waals surface area contributed by atoms with Crippen molar-refractivity contribution in [3.05, 3.63) is 23.8 Å². The van der Waals surface area contributed by atoms with E-state index in [9.17, 15) is 14.7 Å². The number of rotatable bonds is 7. The lowest BCUT2D eigenvalue weighted by atomic mass is 10.1. The third-order valence-electron chi connectivity index (χ3n) is 2.94. The summed E-state index contributed by atoms with van der Waals surface area (Å²) in [5.74, 6) is -0.901. The van der Waals surface area contributed by atoms with E-state index in [2.05, 4.69) is 17.0 Å². The Bertz CT molecular complexity index is 471. The van der Waals surface area contributed by atoms with Gasteiger partial charge in [0.2, 0.25) is 5.91 Å². The molecule has 0 aromatic heterocycles. The van der Waals surface area contributed by atoms with E-state index in [-0.39, 0.29) is 17.2 Å². The largest absolute Gasteiger partial charge is 0.507 e. The molecule has 110 valence electrons. The highest BCUT2D eigenvalue weighted by atomic mass is 16.5. The number of ether oxygens (including phenoxy) is 1. The lowest BCUT2D eigenvalue weighted by Gasteiger charge is -2.08. The van der Waals surface area contributed by atoms with Crippen LogP contribution >= 0.6 is 0 Å². The summed E-state index contributed by atoms with van der Waals surface area (Å²) in [6.45, 7) is 2.12. The number of anilines is 1. The molecule has 5 nitrogen and oxygen atoms in total. The van der Waals surface area contributed by atoms with Crippen molar-refractivity contribution in [1.29, 1.82) is 0 Å². The van der Waals surface area contributed by atoms with Crippen LogP contribution in [0.25, 0.3) is 0 Å². The highest BCUT2D eigenvalue weighted by Gasteiger charge is 2.13. The Hall–Kier alpha value is -2.04. The maximum atomic E-state index is 11.7. The number of hydrogen-bond donors (Lipinski definition) is 2. The summed E-state index contributed by atoms with van der Waals surface area (Å²) in [4.78, 5) is 23.1. The lowest BCUT2D eigenvalue weighted by molar-refractivity contribution is -0.116. The molecule has 0 bridgehead atoms. The van der Waals surface area contributed by atoms with Crippen LogP contribution < -0.4 is 5.32 Å². The van der Waals surface area contributed by atoms with Crippen molar-refractivity contribution in [2.75, 3.05) is 12.4 Å². The predicted molar refractivity (Wildman–Crippen MR) is 76.8 cm³/mol. The van der Waals surface area contributed by atoms with Gasteiger partial charge in [0.05, 0.1) is 7.11 Å². The standard InChI is InChI=1S/C15H21NO4/c1-3-4-5-6-7-14(18)16-11-8-9-13(17)12(10-11)15(19)20-2/h8-10,17H,3-7H2,1-2H3,(H,16,18). The molecule has 1 amide bonds. The summed E-state index contributed by atoms with van der Waals surface area (Å²) >= 11 is 0. The van der Waals surface area contributed by atoms with E-state index in [4.69, 9.17) is 0 Å². The van der Waals surface area contributed by atoms with Gasteiger partial charge in [-0.05, 0) is 24.6 Å². The van der Waals surface area contributed by atoms with E-state index in [0.29, 0.717) is 12.1 Å². The number of aromatic hydroxyl groups is 1. The zero-order valence-corrected chi connectivity index (χ0v) is 11.9. The van der Waals surface area contributed by atoms with Crippen LogP contribution in [0.5, 0.6) is 5.75 Å². The van der Waals surface area contributed by atoms with Crippen molar-refractivity contribution in [2.24, 2.45) is 0 Å². The fourth-order valence-corrected chi connectivity index (χ4v) is 1.82. The first-order chi connectivity index (χ1) is 9.58. The SMILES string of the molecule is CCCCCCC(=O)Nc1ccc(O)c(C(=O)OC)c1. The molecule has 0 saturated carbocycles. The molecule has 0 spiro atoms. The molecule has 1 aromatic carbocycles. The number of methoxy groups -OCH3 is 1. The van der Waals surface area contributed by atoms with Crippen molar-refractivity contribution in [1.82, 2.24) is 0 Å². The molecule has 0 atom stereocenters. The van der Waals surface area contributed by atoms with Crippen LogP contribution in [0.2, 0.25) is 0 Å². The topological polar surface area (TPSA) is 75.6 Å². The first-order valence-corrected chi connectivity index (χ1v) is 6.79. The molecule has 0 aliphatic heterocycles. The number of carbonyl (C=O) groups is 2. The Kier molecular flexibility index (Phi) is 6.56. The molecule has 2 N–H and O–H groups in total. The van der Waals surface area contributed by atoms with Crippen LogP contribution in [0.1, 0.15) is 49.4 Å². The zero-order valence-electron chi connectivity index (χ0n) is 11.9. The smallest absolute Gasteiger partial charge is 0.341 e. The summed E-state index contributed by atoms with van der Waals surface area (Å²) in [5.41, 5.74) is 0.514. The Morgan fingerprint density at radius 3 is 2.65 bits per heavy atom. The quantitative estimate of drug-likeness (QED) is 0.457. The Labute approximate surface area is 118 Å². The number of phenolic OH excluding ortho intramolecular Hbond substituents is 1. The van der Waals surface area contributed by atoms with Crippen LogP contribution in [-0.2, 0) is 9.53 Å². The first kappa shape index (κ1) is 16.0. The molecule has 20 heavy (non-hydrogen) atoms. The monoisotopic (exact) mass is 279 g/mol. The Morgan fingerprint density at radius 2 is 2.00 bits per heavy atom. The van der Waals surface area contributed by atoms with Crippen LogP contribution in [0.15, 0.2) is 18.2 Å². The van der Waals surface area contributed by atoms with Gasteiger partial charge in [-0.1, -0.05) is 26.2 Å². The summed E-state index contributed by atoms with van der Waals surface area (Å²) in [6.07, 6.45) is 4.59. The van der Waals surface area contributed by atoms with Crippen LogP contribution in [-0.4, -0.2) is 24.1 Å². The Morgan fingerprint density at radius 1 is 1.25 bits per heavy atom. The zero-order chi connectivity index (χ0) is 15.0. The minimum atomic E-state index is -0.637. The number of unbranched alkanes of at least 4 members (excludes halogenated alkanes) is 3. The molecule has 0 aliphatic carbocycles. The first-order valence-electron chi connectivity index (χ1n) is 6.79. The summed E-state index contributed by atoms with van der Waals surface area (Å²) in [7, 11) is 1.24. The minimum absolute atomic E-state index is 0.0382. The van der Waals surface area contributed by atoms with Gasteiger partial charge in [-0.25, -0.2) is 4.79 Å². The third kappa shape index (κ3) is 4.91. The molecule has 0 heterocycles. The van der Waals surface area contributed by atoms with E-state index in [1.54, 1.807) is 6.07 Å². The lowest BCUT2D eigenvalue weighted by Crippen LogP contribution is -2.12. The minimum Gasteiger partial charge on any atom is -0.507 e. The third-order valence-corrected chi connectivity index (χ3v) is 2.94. The molecule has 0 saturated heterocycles. The highest BCUT2D eigenvalue weighted by Crippen LogP contribution is 2.22. The normalized spacial score (nSPS) is 10.1. The average Bonchev–Trinajstić information content (AvgIpc) is 2.45. The summed E-state index contributed by atoms with van der Waals surface area (Å²) in [5, 5.41) is 12.3. The molecule has 5 heteroatoms. The van der Waals surface area contributed by atoms with E-state index >= 15 is 0 Å². The molecular weight excluding hydrogens is 258 g/mol. The van der Waals surface area contributed by atoms with Gasteiger partial charge < -0.3 is 15.2 Å². The highest BCUT2D eigenvalue weighted by molar-refractivity contribution is 5.96. The van der Waals surface area contributed by atoms with Gasteiger partial charge in [-0.15, -0.1) is 0 Å². The van der Waals surface area contributed by atoms with Crippen LogP contribution in [0, 0.1) is 0 Å². The maximum Gasteiger partial charge on any atom is 0.341 e. The summed E-state index contributed by atoms with van der Waals surface area (Å²) < 4.78 is 4.56. The van der Waals surface area contributed by atoms with E-state index in [0.717, 1.165) is 25.7 Å². The second kappa shape index (κ2) is 8.19. The number of benzene rings is 1. The molecule has 0 aliphatic rings. The number of nitrogens with one attached hydrogen (secondary N) is 1. The molecule has 0 radical (unpaired) electrons. The van der Waals surface area contributed by atoms with Gasteiger partial charge in [0.1, 0.15) is 11.3 Å². The van der Waals surface area contributed by atoms with Gasteiger partial charge in [-0.2, -0.15) is 0 Å². The van der Waals surface area contributed by atoms with Gasteiger partial charge in [0, 0.05) is 12.1 Å². The number of carbonyl (C=O) groups excluding carboxylic acids is 2. The number of amides is 1. The second-order valence-corrected chi connectivity index (χ2v) is 4.58. The van der Waals surface area contributed by atoms with Crippen molar-refractivity contribution in [2.45, 2.75) is 39.0 Å². The molecular formula is C15H21NO4. The van der Waals surface area contributed by atoms with Gasteiger partial charge in [0.25, 0.3) is 0 Å². The van der Waals surface area contributed by atoms with E-state index in [1.165, 1.54) is 19.2 Å². The van der Waals surface area contributed by atoms with Crippen molar-refractivity contribution in [3.63, 3.8) is 0 Å². The molecule has 0 fully saturated rings. The Balaban J connectivity index is 2.59. The van der Waals surface area contributed by atoms with Crippen molar-refractivity contribution < 1.29 is 19.4 Å². The van der Waals surface area contributed by atoms with E-state index in [1.807, 2.05) is 0 Å². The average molecular weight is 279 g/mol. The number of esters is 1. The van der Waals surface area contributed by atoms with Crippen molar-refractivity contribution >= 4 is 17.6 Å². The fraction of sp³-hybridized carbons (Fsp3) is 0.467. The van der Waals surface area contributed by atoms with Gasteiger partial charge in [-0.3, -0.25) is 4.79 Å². The molecule has 0 unspecified atom stereocenters. The fourth-order valence-electron chi connectivity index (χ4n) is 1.82. The molecule has 1 rings (SSSR count).